The van der Waals surface area contributed by atoms with Crippen molar-refractivity contribution in [3.8, 4) is 0 Å². The SMILES string of the molecule is CCc1ccc(C(=O)Nc2cc(C(=O)OC)c(F)cc2F)o1. The average molecular weight is 309 g/mol. The summed E-state index contributed by atoms with van der Waals surface area (Å²) in [6.07, 6.45) is 0.602. The Kier molecular flexibility index (Phi) is 4.55. The predicted octanol–water partition coefficient (Wildman–Crippen LogP) is 3.16. The number of halogens is 2. The van der Waals surface area contributed by atoms with Crippen molar-refractivity contribution in [3.05, 3.63) is 53.0 Å². The maximum Gasteiger partial charge on any atom is 0.340 e. The molecule has 0 saturated heterocycles. The Bertz CT molecular complexity index is 724. The van der Waals surface area contributed by atoms with Gasteiger partial charge in [0.15, 0.2) is 5.76 Å². The van der Waals surface area contributed by atoms with Crippen LogP contribution in [-0.2, 0) is 11.2 Å². The quantitative estimate of drug-likeness (QED) is 0.881. The highest BCUT2D eigenvalue weighted by Crippen LogP contribution is 2.21. The Balaban J connectivity index is 2.28. The van der Waals surface area contributed by atoms with Crippen LogP contribution in [0.2, 0.25) is 0 Å². The van der Waals surface area contributed by atoms with Crippen LogP contribution in [0.25, 0.3) is 0 Å². The molecule has 0 saturated carbocycles. The fraction of sp³-hybridized carbons (Fsp3) is 0.200. The minimum atomic E-state index is -1.08. The Morgan fingerprint density at radius 2 is 1.95 bits per heavy atom. The topological polar surface area (TPSA) is 68.5 Å². The molecule has 0 atom stereocenters. The largest absolute Gasteiger partial charge is 0.465 e. The molecule has 2 aromatic rings. The molecule has 22 heavy (non-hydrogen) atoms. The van der Waals surface area contributed by atoms with E-state index in [2.05, 4.69) is 10.1 Å². The molecule has 0 spiro atoms. The van der Waals surface area contributed by atoms with Crippen LogP contribution >= 0.6 is 0 Å². The number of methoxy groups -OCH3 is 1. The van der Waals surface area contributed by atoms with Crippen molar-refractivity contribution in [1.82, 2.24) is 0 Å². The number of hydrogen-bond acceptors (Lipinski definition) is 4. The maximum absolute atomic E-state index is 13.7. The van der Waals surface area contributed by atoms with E-state index in [0.717, 1.165) is 13.2 Å². The van der Waals surface area contributed by atoms with Gasteiger partial charge in [0.05, 0.1) is 18.4 Å². The number of ether oxygens (including phenoxy) is 1. The summed E-state index contributed by atoms with van der Waals surface area (Å²) in [6, 6.07) is 4.44. The lowest BCUT2D eigenvalue weighted by atomic mass is 10.1. The number of rotatable bonds is 4. The van der Waals surface area contributed by atoms with Crippen LogP contribution < -0.4 is 5.32 Å². The Morgan fingerprint density at radius 3 is 2.55 bits per heavy atom. The smallest absolute Gasteiger partial charge is 0.340 e. The number of furan rings is 1. The van der Waals surface area contributed by atoms with Gasteiger partial charge in [-0.3, -0.25) is 4.79 Å². The lowest BCUT2D eigenvalue weighted by Crippen LogP contribution is -2.14. The molecular formula is C15H13F2NO4. The maximum atomic E-state index is 13.7. The van der Waals surface area contributed by atoms with Crippen LogP contribution in [-0.4, -0.2) is 19.0 Å². The highest BCUT2D eigenvalue weighted by atomic mass is 19.1. The van der Waals surface area contributed by atoms with Gasteiger partial charge >= 0.3 is 5.97 Å². The van der Waals surface area contributed by atoms with E-state index in [4.69, 9.17) is 4.42 Å². The number of anilines is 1. The highest BCUT2D eigenvalue weighted by Gasteiger charge is 2.19. The zero-order valence-electron chi connectivity index (χ0n) is 11.9. The molecule has 0 fully saturated rings. The fourth-order valence-corrected chi connectivity index (χ4v) is 1.79. The predicted molar refractivity (Wildman–Crippen MR) is 73.7 cm³/mol. The molecule has 0 aliphatic rings. The van der Waals surface area contributed by atoms with Gasteiger partial charge < -0.3 is 14.5 Å². The van der Waals surface area contributed by atoms with Crippen molar-refractivity contribution in [1.29, 1.82) is 0 Å². The molecular weight excluding hydrogens is 296 g/mol. The summed E-state index contributed by atoms with van der Waals surface area (Å²) in [4.78, 5) is 23.3. The first-order valence-electron chi connectivity index (χ1n) is 6.43. The van der Waals surface area contributed by atoms with E-state index in [-0.39, 0.29) is 11.4 Å². The number of carbonyl (C=O) groups is 2. The second-order valence-electron chi connectivity index (χ2n) is 4.38. The summed E-state index contributed by atoms with van der Waals surface area (Å²) in [5.41, 5.74) is -0.825. The summed E-state index contributed by atoms with van der Waals surface area (Å²) in [7, 11) is 1.07. The normalized spacial score (nSPS) is 10.4. The summed E-state index contributed by atoms with van der Waals surface area (Å²) in [5.74, 6) is -3.19. The molecule has 7 heteroatoms. The molecule has 0 bridgehead atoms. The van der Waals surface area contributed by atoms with Crippen molar-refractivity contribution in [3.63, 3.8) is 0 Å². The van der Waals surface area contributed by atoms with Crippen LogP contribution in [0.15, 0.2) is 28.7 Å². The van der Waals surface area contributed by atoms with E-state index in [1.165, 1.54) is 6.07 Å². The third kappa shape index (κ3) is 3.13. The van der Waals surface area contributed by atoms with Gasteiger partial charge in [0, 0.05) is 12.5 Å². The number of aryl methyl sites for hydroxylation is 1. The molecule has 116 valence electrons. The lowest BCUT2D eigenvalue weighted by Gasteiger charge is -2.08. The van der Waals surface area contributed by atoms with Gasteiger partial charge in [-0.05, 0) is 18.2 Å². The van der Waals surface area contributed by atoms with Crippen LogP contribution in [0.3, 0.4) is 0 Å². The van der Waals surface area contributed by atoms with Gasteiger partial charge in [0.25, 0.3) is 5.91 Å². The first kappa shape index (κ1) is 15.7. The average Bonchev–Trinajstić information content (AvgIpc) is 2.98. The minimum Gasteiger partial charge on any atom is -0.465 e. The monoisotopic (exact) mass is 309 g/mol. The standard InChI is InChI=1S/C15H13F2NO4/c1-3-8-4-5-13(22-8)14(19)18-12-6-9(15(20)21-2)10(16)7-11(12)17/h4-7H,3H2,1-2H3,(H,18,19). The summed E-state index contributed by atoms with van der Waals surface area (Å²) in [6.45, 7) is 1.85. The number of hydrogen-bond donors (Lipinski definition) is 1. The minimum absolute atomic E-state index is 0.0137. The summed E-state index contributed by atoms with van der Waals surface area (Å²) >= 11 is 0. The molecule has 1 N–H and O–H groups in total. The van der Waals surface area contributed by atoms with Crippen molar-refractivity contribution in [2.45, 2.75) is 13.3 Å². The molecule has 0 unspecified atom stereocenters. The molecule has 1 aromatic heterocycles. The Morgan fingerprint density at radius 1 is 1.23 bits per heavy atom. The second kappa shape index (κ2) is 6.38. The van der Waals surface area contributed by atoms with Gasteiger partial charge in [-0.2, -0.15) is 0 Å². The molecule has 0 radical (unpaired) electrons. The summed E-state index contributed by atoms with van der Waals surface area (Å²) in [5, 5.41) is 2.23. The summed E-state index contributed by atoms with van der Waals surface area (Å²) < 4.78 is 36.8. The second-order valence-corrected chi connectivity index (χ2v) is 4.38. The molecule has 5 nitrogen and oxygen atoms in total. The van der Waals surface area contributed by atoms with Gasteiger partial charge in [0.1, 0.15) is 17.4 Å². The van der Waals surface area contributed by atoms with Crippen molar-refractivity contribution >= 4 is 17.6 Å². The lowest BCUT2D eigenvalue weighted by molar-refractivity contribution is 0.0595. The van der Waals surface area contributed by atoms with Crippen LogP contribution in [0.1, 0.15) is 33.6 Å². The van der Waals surface area contributed by atoms with Gasteiger partial charge in [0.2, 0.25) is 0 Å². The van der Waals surface area contributed by atoms with Gasteiger partial charge in [-0.15, -0.1) is 0 Å². The molecule has 1 aromatic carbocycles. The number of esters is 1. The van der Waals surface area contributed by atoms with Crippen LogP contribution in [0.4, 0.5) is 14.5 Å². The number of amides is 1. The zero-order valence-corrected chi connectivity index (χ0v) is 11.9. The first-order valence-corrected chi connectivity index (χ1v) is 6.43. The molecule has 0 aliphatic heterocycles. The molecule has 2 rings (SSSR count). The van der Waals surface area contributed by atoms with Crippen LogP contribution in [0, 0.1) is 11.6 Å². The zero-order chi connectivity index (χ0) is 16.3. The van der Waals surface area contributed by atoms with Crippen molar-refractivity contribution in [2.24, 2.45) is 0 Å². The first-order chi connectivity index (χ1) is 10.5. The highest BCUT2D eigenvalue weighted by molar-refractivity contribution is 6.03. The van der Waals surface area contributed by atoms with Crippen molar-refractivity contribution in [2.75, 3.05) is 12.4 Å². The third-order valence-electron chi connectivity index (χ3n) is 2.94. The van der Waals surface area contributed by atoms with Gasteiger partial charge in [-0.25, -0.2) is 13.6 Å². The third-order valence-corrected chi connectivity index (χ3v) is 2.94. The number of nitrogens with one attached hydrogen (secondary N) is 1. The van der Waals surface area contributed by atoms with Crippen LogP contribution in [0.5, 0.6) is 0 Å². The molecule has 1 heterocycles. The molecule has 0 aliphatic carbocycles. The van der Waals surface area contributed by atoms with E-state index in [1.807, 2.05) is 6.92 Å². The molecule has 1 amide bonds. The Labute approximate surface area is 124 Å². The van der Waals surface area contributed by atoms with E-state index in [1.54, 1.807) is 6.07 Å². The Hall–Kier alpha value is -2.70. The fourth-order valence-electron chi connectivity index (χ4n) is 1.79. The van der Waals surface area contributed by atoms with E-state index in [9.17, 15) is 18.4 Å². The van der Waals surface area contributed by atoms with E-state index in [0.29, 0.717) is 18.2 Å². The number of benzene rings is 1. The van der Waals surface area contributed by atoms with Crippen molar-refractivity contribution < 1.29 is 27.5 Å². The number of carbonyl (C=O) groups excluding carboxylic acids is 2. The van der Waals surface area contributed by atoms with E-state index < -0.39 is 29.1 Å². The van der Waals surface area contributed by atoms with E-state index >= 15 is 0 Å². The van der Waals surface area contributed by atoms with Gasteiger partial charge in [-0.1, -0.05) is 6.92 Å².